The summed E-state index contributed by atoms with van der Waals surface area (Å²) >= 11 is 3.02. The van der Waals surface area contributed by atoms with Crippen LogP contribution in [0.4, 0.5) is 14.5 Å². The van der Waals surface area contributed by atoms with Gasteiger partial charge in [-0.15, -0.1) is 0 Å². The number of amidine groups is 1. The third-order valence-electron chi connectivity index (χ3n) is 2.81. The summed E-state index contributed by atoms with van der Waals surface area (Å²) in [6.45, 7) is 0.196. The molecule has 21 heavy (non-hydrogen) atoms. The average molecular weight is 356 g/mol. The van der Waals surface area contributed by atoms with E-state index in [1.54, 1.807) is 24.3 Å². The zero-order valence-corrected chi connectivity index (χ0v) is 12.4. The number of anilines is 1. The van der Waals surface area contributed by atoms with Crippen LogP contribution in [-0.4, -0.2) is 11.0 Å². The van der Waals surface area contributed by atoms with E-state index in [4.69, 9.17) is 10.9 Å². The van der Waals surface area contributed by atoms with E-state index in [1.807, 2.05) is 0 Å². The Bertz CT molecular complexity index is 669. The van der Waals surface area contributed by atoms with Crippen LogP contribution in [-0.2, 0) is 6.54 Å². The molecule has 0 aliphatic rings. The minimum Gasteiger partial charge on any atom is -0.409 e. The molecule has 0 saturated heterocycles. The van der Waals surface area contributed by atoms with Gasteiger partial charge < -0.3 is 16.3 Å². The van der Waals surface area contributed by atoms with Crippen molar-refractivity contribution in [2.24, 2.45) is 10.9 Å². The van der Waals surface area contributed by atoms with Crippen LogP contribution in [0.15, 0.2) is 46.0 Å². The lowest BCUT2D eigenvalue weighted by atomic mass is 10.1. The largest absolute Gasteiger partial charge is 0.409 e. The summed E-state index contributed by atoms with van der Waals surface area (Å²) in [6, 6.07) is 9.15. The van der Waals surface area contributed by atoms with Gasteiger partial charge in [0, 0.05) is 16.6 Å². The van der Waals surface area contributed by atoms with E-state index in [2.05, 4.69) is 26.4 Å². The molecule has 0 spiro atoms. The molecule has 110 valence electrons. The highest BCUT2D eigenvalue weighted by Crippen LogP contribution is 2.24. The van der Waals surface area contributed by atoms with Crippen LogP contribution in [0.2, 0.25) is 0 Å². The number of hydrogen-bond donors (Lipinski definition) is 3. The Hall–Kier alpha value is -2.15. The maximum Gasteiger partial charge on any atom is 0.170 e. The number of rotatable bonds is 4. The fourth-order valence-electron chi connectivity index (χ4n) is 1.80. The summed E-state index contributed by atoms with van der Waals surface area (Å²) in [6.07, 6.45) is 0. The van der Waals surface area contributed by atoms with Crippen LogP contribution in [0, 0.1) is 11.6 Å². The minimum atomic E-state index is -0.686. The van der Waals surface area contributed by atoms with Crippen LogP contribution in [0.3, 0.4) is 0 Å². The van der Waals surface area contributed by atoms with Crippen molar-refractivity contribution in [2.75, 3.05) is 5.32 Å². The van der Waals surface area contributed by atoms with Gasteiger partial charge in [-0.1, -0.05) is 39.3 Å². The molecule has 4 nitrogen and oxygen atoms in total. The van der Waals surface area contributed by atoms with Crippen LogP contribution in [0.25, 0.3) is 0 Å². The Balaban J connectivity index is 2.17. The molecule has 0 aliphatic carbocycles. The molecule has 2 aromatic rings. The quantitative estimate of drug-likeness (QED) is 0.340. The monoisotopic (exact) mass is 355 g/mol. The van der Waals surface area contributed by atoms with Gasteiger partial charge in [-0.05, 0) is 23.8 Å². The van der Waals surface area contributed by atoms with Crippen LogP contribution in [0.5, 0.6) is 0 Å². The standard InChI is InChI=1S/C14H12BrF2N3O/c15-10-5-11(16)13(12(17)6-10)19-7-8-2-1-3-9(4-8)14(18)20-21/h1-6,19,21H,7H2,(H2,18,20). The predicted octanol–water partition coefficient (Wildman–Crippen LogP) is 3.43. The first kappa shape index (κ1) is 15.2. The number of nitrogens with one attached hydrogen (secondary N) is 1. The summed E-state index contributed by atoms with van der Waals surface area (Å²) in [4.78, 5) is 0. The lowest BCUT2D eigenvalue weighted by Crippen LogP contribution is -2.13. The number of nitrogens with zero attached hydrogens (tertiary/aromatic N) is 1. The second-order valence-corrected chi connectivity index (χ2v) is 5.20. The molecule has 0 heterocycles. The summed E-state index contributed by atoms with van der Waals surface area (Å²) in [5, 5.41) is 14.2. The van der Waals surface area contributed by atoms with E-state index < -0.39 is 11.6 Å². The molecule has 0 amide bonds. The van der Waals surface area contributed by atoms with Crippen LogP contribution >= 0.6 is 15.9 Å². The van der Waals surface area contributed by atoms with Crippen molar-refractivity contribution < 1.29 is 14.0 Å². The van der Waals surface area contributed by atoms with Crippen LogP contribution < -0.4 is 11.1 Å². The summed E-state index contributed by atoms with van der Waals surface area (Å²) in [5.74, 6) is -1.40. The lowest BCUT2D eigenvalue weighted by Gasteiger charge is -2.10. The first-order valence-corrected chi connectivity index (χ1v) is 6.76. The van der Waals surface area contributed by atoms with E-state index in [-0.39, 0.29) is 18.1 Å². The molecule has 0 unspecified atom stereocenters. The smallest absolute Gasteiger partial charge is 0.170 e. The van der Waals surface area contributed by atoms with Gasteiger partial charge in [0.25, 0.3) is 0 Å². The molecule has 4 N–H and O–H groups in total. The first-order valence-electron chi connectivity index (χ1n) is 5.96. The lowest BCUT2D eigenvalue weighted by molar-refractivity contribution is 0.318. The third kappa shape index (κ3) is 3.69. The molecule has 0 aliphatic heterocycles. The van der Waals surface area contributed by atoms with Crippen molar-refractivity contribution in [1.82, 2.24) is 0 Å². The van der Waals surface area contributed by atoms with Gasteiger partial charge in [-0.2, -0.15) is 0 Å². The van der Waals surface area contributed by atoms with Gasteiger partial charge in [0.2, 0.25) is 0 Å². The van der Waals surface area contributed by atoms with Gasteiger partial charge >= 0.3 is 0 Å². The highest BCUT2D eigenvalue weighted by molar-refractivity contribution is 9.10. The normalized spacial score (nSPS) is 11.5. The Morgan fingerprint density at radius 2 is 1.90 bits per heavy atom. The molecule has 0 bridgehead atoms. The van der Waals surface area contributed by atoms with Gasteiger partial charge in [-0.3, -0.25) is 0 Å². The number of nitrogens with two attached hydrogens (primary N) is 1. The zero-order chi connectivity index (χ0) is 15.4. The van der Waals surface area contributed by atoms with Gasteiger partial charge in [0.1, 0.15) is 17.3 Å². The highest BCUT2D eigenvalue weighted by Gasteiger charge is 2.10. The SMILES string of the molecule is NC(=NO)c1cccc(CNc2c(F)cc(Br)cc2F)c1. The molecule has 0 radical (unpaired) electrons. The predicted molar refractivity (Wildman–Crippen MR) is 80.3 cm³/mol. The number of hydrogen-bond acceptors (Lipinski definition) is 3. The topological polar surface area (TPSA) is 70.6 Å². The fraction of sp³-hybridized carbons (Fsp3) is 0.0714. The average Bonchev–Trinajstić information content (AvgIpc) is 2.45. The molecule has 2 aromatic carbocycles. The van der Waals surface area contributed by atoms with E-state index in [0.717, 1.165) is 5.56 Å². The summed E-state index contributed by atoms with van der Waals surface area (Å²) in [5.41, 5.74) is 6.55. The van der Waals surface area contributed by atoms with Crippen molar-refractivity contribution in [1.29, 1.82) is 0 Å². The Morgan fingerprint density at radius 3 is 2.52 bits per heavy atom. The Labute approximate surface area is 128 Å². The van der Waals surface area contributed by atoms with Crippen LogP contribution in [0.1, 0.15) is 11.1 Å². The summed E-state index contributed by atoms with van der Waals surface area (Å²) in [7, 11) is 0. The van der Waals surface area contributed by atoms with Gasteiger partial charge in [0.05, 0.1) is 0 Å². The minimum absolute atomic E-state index is 0.0298. The molecule has 0 atom stereocenters. The molecule has 0 aromatic heterocycles. The first-order chi connectivity index (χ1) is 10.0. The van der Waals surface area contributed by atoms with Gasteiger partial charge in [0.15, 0.2) is 5.84 Å². The van der Waals surface area contributed by atoms with E-state index in [0.29, 0.717) is 10.0 Å². The number of halogens is 3. The van der Waals surface area contributed by atoms with Gasteiger partial charge in [-0.25, -0.2) is 8.78 Å². The fourth-order valence-corrected chi connectivity index (χ4v) is 2.20. The Kier molecular flexibility index (Phi) is 4.74. The number of benzene rings is 2. The second-order valence-electron chi connectivity index (χ2n) is 4.28. The van der Waals surface area contributed by atoms with E-state index in [1.165, 1.54) is 12.1 Å². The van der Waals surface area contributed by atoms with Crippen molar-refractivity contribution in [3.8, 4) is 0 Å². The maximum absolute atomic E-state index is 13.7. The van der Waals surface area contributed by atoms with E-state index >= 15 is 0 Å². The zero-order valence-electron chi connectivity index (χ0n) is 10.8. The van der Waals surface area contributed by atoms with Crippen molar-refractivity contribution in [3.05, 3.63) is 63.6 Å². The third-order valence-corrected chi connectivity index (χ3v) is 3.26. The van der Waals surface area contributed by atoms with Crippen molar-refractivity contribution >= 4 is 27.5 Å². The Morgan fingerprint density at radius 1 is 1.24 bits per heavy atom. The molecule has 7 heteroatoms. The number of oxime groups is 1. The highest BCUT2D eigenvalue weighted by atomic mass is 79.9. The van der Waals surface area contributed by atoms with E-state index in [9.17, 15) is 8.78 Å². The molecule has 0 fully saturated rings. The van der Waals surface area contributed by atoms with Crippen molar-refractivity contribution in [2.45, 2.75) is 6.54 Å². The molecular formula is C14H12BrF2N3O. The molecular weight excluding hydrogens is 344 g/mol. The van der Waals surface area contributed by atoms with Crippen molar-refractivity contribution in [3.63, 3.8) is 0 Å². The maximum atomic E-state index is 13.7. The summed E-state index contributed by atoms with van der Waals surface area (Å²) < 4.78 is 27.7. The molecule has 2 rings (SSSR count). The second kappa shape index (κ2) is 6.53. The molecule has 0 saturated carbocycles.